The van der Waals surface area contributed by atoms with Gasteiger partial charge in [-0.2, -0.15) is 0 Å². The predicted molar refractivity (Wildman–Crippen MR) is 118 cm³/mol. The maximum absolute atomic E-state index is 11.1. The number of aliphatic carboxylic acids is 1. The third kappa shape index (κ3) is 3.85. The average molecular weight is 421 g/mol. The van der Waals surface area contributed by atoms with E-state index in [1.165, 1.54) is 51.4 Å². The van der Waals surface area contributed by atoms with Crippen molar-refractivity contribution < 1.29 is 19.7 Å². The third-order valence-electron chi connectivity index (χ3n) is 10.6. The first kappa shape index (κ1) is 22.6. The molecule has 0 bridgehead atoms. The number of carboxylic acid groups (broad SMARTS) is 1. The molecule has 0 amide bonds. The summed E-state index contributed by atoms with van der Waals surface area (Å²) in [6.07, 6.45) is 13.3. The Morgan fingerprint density at radius 2 is 1.77 bits per heavy atom. The molecule has 2 N–H and O–H groups in total. The molecule has 0 saturated heterocycles. The van der Waals surface area contributed by atoms with Crippen molar-refractivity contribution in [1.29, 1.82) is 0 Å². The zero-order valence-electron chi connectivity index (χ0n) is 19.4. The number of aliphatic hydroxyl groups excluding tert-OH is 1. The zero-order valence-corrected chi connectivity index (χ0v) is 19.4. The first-order valence-corrected chi connectivity index (χ1v) is 12.7. The molecule has 4 aliphatic rings. The van der Waals surface area contributed by atoms with Crippen LogP contribution in [0.25, 0.3) is 0 Å². The van der Waals surface area contributed by atoms with Gasteiger partial charge >= 0.3 is 5.97 Å². The molecule has 0 radical (unpaired) electrons. The highest BCUT2D eigenvalue weighted by Gasteiger charge is 2.60. The minimum atomic E-state index is -0.643. The van der Waals surface area contributed by atoms with Gasteiger partial charge in [-0.3, -0.25) is 4.79 Å². The van der Waals surface area contributed by atoms with E-state index in [1.807, 2.05) is 0 Å². The minimum Gasteiger partial charge on any atom is -0.481 e. The van der Waals surface area contributed by atoms with Crippen molar-refractivity contribution >= 4 is 5.97 Å². The van der Waals surface area contributed by atoms with Crippen molar-refractivity contribution in [3.63, 3.8) is 0 Å². The summed E-state index contributed by atoms with van der Waals surface area (Å²) in [5, 5.41) is 18.3. The van der Waals surface area contributed by atoms with E-state index in [0.29, 0.717) is 41.8 Å². The SMILES string of the molecule is C[C@H](CCC(=O)O)[C@H]1CCC2C3CCC4C[C@H](OCCO)CC[C@]4(C)C3CC[C@@]21C. The molecule has 30 heavy (non-hydrogen) atoms. The van der Waals surface area contributed by atoms with Gasteiger partial charge in [0.05, 0.1) is 19.3 Å². The number of fused-ring (bicyclic) bond motifs is 5. The van der Waals surface area contributed by atoms with E-state index >= 15 is 0 Å². The Morgan fingerprint density at radius 3 is 2.50 bits per heavy atom. The highest BCUT2D eigenvalue weighted by Crippen LogP contribution is 2.68. The molecule has 172 valence electrons. The summed E-state index contributed by atoms with van der Waals surface area (Å²) < 4.78 is 5.94. The summed E-state index contributed by atoms with van der Waals surface area (Å²) in [7, 11) is 0. The average Bonchev–Trinajstić information content (AvgIpc) is 3.07. The largest absolute Gasteiger partial charge is 0.481 e. The molecule has 4 saturated carbocycles. The van der Waals surface area contributed by atoms with Gasteiger partial charge in [0.1, 0.15) is 0 Å². The molecule has 0 aromatic carbocycles. The summed E-state index contributed by atoms with van der Waals surface area (Å²) in [6, 6.07) is 0. The molecule has 4 rings (SSSR count). The Labute approximate surface area is 183 Å². The zero-order chi connectivity index (χ0) is 21.5. The van der Waals surface area contributed by atoms with E-state index in [1.54, 1.807) is 0 Å². The van der Waals surface area contributed by atoms with Crippen LogP contribution in [0.2, 0.25) is 0 Å². The molecule has 4 heteroatoms. The van der Waals surface area contributed by atoms with Crippen LogP contribution in [-0.2, 0) is 9.53 Å². The molecule has 0 spiro atoms. The fraction of sp³-hybridized carbons (Fsp3) is 0.962. The summed E-state index contributed by atoms with van der Waals surface area (Å²) in [5.41, 5.74) is 0.889. The normalized spacial score (nSPS) is 46.5. The number of carboxylic acids is 1. The maximum atomic E-state index is 11.1. The number of ether oxygens (including phenoxy) is 1. The van der Waals surface area contributed by atoms with Crippen LogP contribution in [0.15, 0.2) is 0 Å². The lowest BCUT2D eigenvalue weighted by molar-refractivity contribution is -0.140. The van der Waals surface area contributed by atoms with Crippen LogP contribution in [0.3, 0.4) is 0 Å². The molecular weight excluding hydrogens is 376 g/mol. The first-order valence-electron chi connectivity index (χ1n) is 12.7. The highest BCUT2D eigenvalue weighted by atomic mass is 16.5. The number of hydrogen-bond acceptors (Lipinski definition) is 3. The fourth-order valence-corrected chi connectivity index (χ4v) is 9.12. The number of aliphatic hydroxyl groups is 1. The van der Waals surface area contributed by atoms with Gasteiger partial charge in [-0.25, -0.2) is 0 Å². The number of hydrogen-bond donors (Lipinski definition) is 2. The van der Waals surface area contributed by atoms with E-state index in [2.05, 4.69) is 20.8 Å². The summed E-state index contributed by atoms with van der Waals surface area (Å²) >= 11 is 0. The van der Waals surface area contributed by atoms with Crippen LogP contribution in [0.4, 0.5) is 0 Å². The maximum Gasteiger partial charge on any atom is 0.303 e. The van der Waals surface area contributed by atoms with E-state index in [-0.39, 0.29) is 6.61 Å². The summed E-state index contributed by atoms with van der Waals surface area (Å²) in [5.74, 6) is 3.95. The van der Waals surface area contributed by atoms with Crippen molar-refractivity contribution in [2.24, 2.45) is 46.3 Å². The van der Waals surface area contributed by atoms with E-state index < -0.39 is 5.97 Å². The number of rotatable bonds is 7. The lowest BCUT2D eigenvalue weighted by Crippen LogP contribution is -2.54. The summed E-state index contributed by atoms with van der Waals surface area (Å²) in [4.78, 5) is 11.1. The van der Waals surface area contributed by atoms with Crippen LogP contribution < -0.4 is 0 Å². The van der Waals surface area contributed by atoms with Gasteiger partial charge in [0, 0.05) is 6.42 Å². The Balaban J connectivity index is 1.45. The van der Waals surface area contributed by atoms with Crippen molar-refractivity contribution in [2.45, 2.75) is 97.5 Å². The number of carbonyl (C=O) groups is 1. The second-order valence-corrected chi connectivity index (χ2v) is 11.8. The molecule has 4 nitrogen and oxygen atoms in total. The van der Waals surface area contributed by atoms with Gasteiger partial charge in [-0.15, -0.1) is 0 Å². The molecule has 4 unspecified atom stereocenters. The van der Waals surface area contributed by atoms with Crippen molar-refractivity contribution in [3.8, 4) is 0 Å². The molecule has 9 atom stereocenters. The first-order chi connectivity index (χ1) is 14.3. The Hall–Kier alpha value is -0.610. The quantitative estimate of drug-likeness (QED) is 0.569. The van der Waals surface area contributed by atoms with Gasteiger partial charge in [-0.05, 0) is 111 Å². The van der Waals surface area contributed by atoms with Crippen LogP contribution >= 0.6 is 0 Å². The van der Waals surface area contributed by atoms with Gasteiger partial charge in [0.15, 0.2) is 0 Å². The molecule has 0 aliphatic heterocycles. The molecule has 4 fully saturated rings. The second kappa shape index (κ2) is 8.73. The Morgan fingerprint density at radius 1 is 1.03 bits per heavy atom. The van der Waals surface area contributed by atoms with Crippen LogP contribution in [-0.4, -0.2) is 35.5 Å². The van der Waals surface area contributed by atoms with Crippen LogP contribution in [0, 0.1) is 46.3 Å². The van der Waals surface area contributed by atoms with Crippen LogP contribution in [0.5, 0.6) is 0 Å². The summed E-state index contributed by atoms with van der Waals surface area (Å²) in [6.45, 7) is 8.11. The fourth-order valence-electron chi connectivity index (χ4n) is 9.12. The standard InChI is InChI=1S/C26H44O4/c1-17(4-9-24(28)29)21-7-8-22-20-6-5-18-16-19(30-15-14-27)10-12-25(18,2)23(20)11-13-26(21,22)3/h17-23,27H,4-16H2,1-3H3,(H,28,29)/t17-,18?,19-,20?,21-,22?,23?,25+,26-/m1/s1. The van der Waals surface area contributed by atoms with Gasteiger partial charge in [-0.1, -0.05) is 20.8 Å². The minimum absolute atomic E-state index is 0.134. The lowest BCUT2D eigenvalue weighted by atomic mass is 9.44. The Bertz CT molecular complexity index is 620. The highest BCUT2D eigenvalue weighted by molar-refractivity contribution is 5.66. The second-order valence-electron chi connectivity index (χ2n) is 11.8. The lowest BCUT2D eigenvalue weighted by Gasteiger charge is -2.61. The van der Waals surface area contributed by atoms with Gasteiger partial charge < -0.3 is 14.9 Å². The van der Waals surface area contributed by atoms with E-state index in [4.69, 9.17) is 14.9 Å². The molecule has 0 aromatic heterocycles. The van der Waals surface area contributed by atoms with Crippen molar-refractivity contribution in [1.82, 2.24) is 0 Å². The van der Waals surface area contributed by atoms with Crippen LogP contribution in [0.1, 0.15) is 91.4 Å². The van der Waals surface area contributed by atoms with Gasteiger partial charge in [0.2, 0.25) is 0 Å². The molecule has 0 heterocycles. The van der Waals surface area contributed by atoms with E-state index in [0.717, 1.165) is 36.5 Å². The van der Waals surface area contributed by atoms with Crippen molar-refractivity contribution in [2.75, 3.05) is 13.2 Å². The predicted octanol–water partition coefficient (Wildman–Crippen LogP) is 5.52. The van der Waals surface area contributed by atoms with Crippen molar-refractivity contribution in [3.05, 3.63) is 0 Å². The molecule has 0 aromatic rings. The van der Waals surface area contributed by atoms with Gasteiger partial charge in [0.25, 0.3) is 0 Å². The smallest absolute Gasteiger partial charge is 0.303 e. The monoisotopic (exact) mass is 420 g/mol. The Kier molecular flexibility index (Phi) is 6.57. The molecular formula is C26H44O4. The third-order valence-corrected chi connectivity index (χ3v) is 10.6. The topological polar surface area (TPSA) is 66.8 Å². The van der Waals surface area contributed by atoms with E-state index in [9.17, 15) is 4.79 Å². The molecule has 4 aliphatic carbocycles.